The molecule has 1 amide bonds. The number of nitrogens with zero attached hydrogens (tertiary/aromatic N) is 6. The van der Waals surface area contributed by atoms with Gasteiger partial charge in [0.1, 0.15) is 17.5 Å². The van der Waals surface area contributed by atoms with E-state index in [2.05, 4.69) is 104 Å². The van der Waals surface area contributed by atoms with Crippen LogP contribution in [0.3, 0.4) is 0 Å². The van der Waals surface area contributed by atoms with Crippen molar-refractivity contribution in [3.8, 4) is 11.8 Å². The smallest absolute Gasteiger partial charge is 0.261 e. The number of anilines is 2. The molecule has 0 spiro atoms. The number of methoxy groups -OCH3 is 1. The molecule has 2 aliphatic heterocycles. The van der Waals surface area contributed by atoms with Gasteiger partial charge in [0.25, 0.3) is 5.91 Å². The number of ether oxygens (including phenoxy) is 1. The van der Waals surface area contributed by atoms with Crippen LogP contribution < -0.4 is 19.7 Å². The van der Waals surface area contributed by atoms with Crippen molar-refractivity contribution < 1.29 is 9.53 Å². The number of rotatable bonds is 15. The van der Waals surface area contributed by atoms with Gasteiger partial charge >= 0.3 is 0 Å². The lowest BCUT2D eigenvalue weighted by Gasteiger charge is -2.39. The number of pyridine rings is 1. The van der Waals surface area contributed by atoms with E-state index in [0.717, 1.165) is 118 Å². The van der Waals surface area contributed by atoms with Gasteiger partial charge in [-0.05, 0) is 147 Å². The monoisotopic (exact) mass is 899 g/mol. The second kappa shape index (κ2) is 20.4. The summed E-state index contributed by atoms with van der Waals surface area (Å²) in [5.41, 5.74) is 10.3. The third-order valence-electron chi connectivity index (χ3n) is 13.4. The van der Waals surface area contributed by atoms with Gasteiger partial charge in [-0.2, -0.15) is 5.26 Å². The van der Waals surface area contributed by atoms with Crippen molar-refractivity contribution in [3.63, 3.8) is 0 Å². The molecule has 5 aromatic rings. The zero-order chi connectivity index (χ0) is 44.8. The Morgan fingerprint density at radius 2 is 1.83 bits per heavy atom. The maximum absolute atomic E-state index is 14.1. The summed E-state index contributed by atoms with van der Waals surface area (Å²) in [4.78, 5) is 32.6. The Morgan fingerprint density at radius 3 is 2.59 bits per heavy atom. The maximum Gasteiger partial charge on any atom is 0.261 e. The molecule has 4 heterocycles. The van der Waals surface area contributed by atoms with Crippen LogP contribution in [0.5, 0.6) is 5.75 Å². The molecule has 0 radical (unpaired) electrons. The molecule has 2 saturated heterocycles. The van der Waals surface area contributed by atoms with Gasteiger partial charge in [0.05, 0.1) is 18.4 Å². The van der Waals surface area contributed by atoms with E-state index in [1.165, 1.54) is 29.5 Å². The fourth-order valence-electron chi connectivity index (χ4n) is 9.43. The van der Waals surface area contributed by atoms with Crippen molar-refractivity contribution in [2.75, 3.05) is 89.8 Å². The Hall–Kier alpha value is -5.03. The van der Waals surface area contributed by atoms with Crippen LogP contribution in [0.15, 0.2) is 89.6 Å². The number of aromatic nitrogens is 2. The van der Waals surface area contributed by atoms with E-state index in [9.17, 15) is 10.1 Å². The predicted molar refractivity (Wildman–Crippen MR) is 263 cm³/mol. The topological polar surface area (TPSA) is 116 Å². The highest BCUT2D eigenvalue weighted by Crippen LogP contribution is 2.43. The number of carbonyl (C=O) groups is 1. The summed E-state index contributed by atoms with van der Waals surface area (Å²) in [5, 5.41) is 15.5. The minimum Gasteiger partial charge on any atom is -0.495 e. The second-order valence-electron chi connectivity index (χ2n) is 18.6. The van der Waals surface area contributed by atoms with Gasteiger partial charge in [0.15, 0.2) is 0 Å². The van der Waals surface area contributed by atoms with E-state index < -0.39 is 0 Å². The van der Waals surface area contributed by atoms with E-state index in [0.29, 0.717) is 39.9 Å². The van der Waals surface area contributed by atoms with Crippen molar-refractivity contribution in [1.29, 1.82) is 5.26 Å². The van der Waals surface area contributed by atoms with E-state index in [1.54, 1.807) is 12.7 Å². The number of hydrogen-bond donors (Lipinski definition) is 3. The van der Waals surface area contributed by atoms with E-state index in [-0.39, 0.29) is 11.3 Å². The standard InChI is InChI=1S/C51H62ClN9O2S/c1-35-33-59(20-19-58(35)4)18-6-16-54-48-41(31-53)28-44(29-47(48)63-5)64-57-50(62)45-12-11-43(27-40(45)26-36-25-38-14-17-55-49(38)56-32-36)61-23-21-60(22-24-61)34-39-13-15-51(2,3)30-46(39)37-7-9-42(52)10-8-37/h7-12,14,17,25,27-29,32,35,54H,6,13,15-16,18-24,26,30,33-34H2,1-5H3,(H,55,56)(H,57,62)/t35-/m1/s1. The molecule has 13 heteroatoms. The normalized spacial score (nSPS) is 18.6. The first-order valence-electron chi connectivity index (χ1n) is 22.7. The fraction of sp³-hybridized carbons (Fsp3) is 0.431. The molecule has 1 aliphatic carbocycles. The van der Waals surface area contributed by atoms with Gasteiger partial charge in [0.2, 0.25) is 0 Å². The molecule has 64 heavy (non-hydrogen) atoms. The third kappa shape index (κ3) is 11.1. The first-order chi connectivity index (χ1) is 30.9. The average molecular weight is 901 g/mol. The first kappa shape index (κ1) is 45.5. The SMILES string of the molecule is COc1cc(SNC(=O)c2ccc(N3CCN(CC4=C(c5ccc(Cl)cc5)CC(C)(C)CC4)CC3)cc2Cc2cnc3[nH]ccc3c2)cc(C#N)c1NCCCN1CCN(C)[C@H](C)C1. The number of halogens is 1. The average Bonchev–Trinajstić information content (AvgIpc) is 3.77. The molecular weight excluding hydrogens is 838 g/mol. The number of allylic oxidation sites excluding steroid dienone is 1. The van der Waals surface area contributed by atoms with Crippen LogP contribution in [-0.2, 0) is 6.42 Å². The zero-order valence-electron chi connectivity index (χ0n) is 38.0. The number of fused-ring (bicyclic) bond motifs is 1. The quantitative estimate of drug-likeness (QED) is 0.0694. The van der Waals surface area contributed by atoms with E-state index in [4.69, 9.17) is 16.3 Å². The summed E-state index contributed by atoms with van der Waals surface area (Å²) in [6.07, 6.45) is 8.68. The van der Waals surface area contributed by atoms with Gasteiger partial charge in [0, 0.05) is 104 Å². The van der Waals surface area contributed by atoms with E-state index >= 15 is 0 Å². The molecule has 1 atom stereocenters. The molecule has 2 aromatic heterocycles. The van der Waals surface area contributed by atoms with Gasteiger partial charge in [-0.15, -0.1) is 0 Å². The van der Waals surface area contributed by atoms with E-state index in [1.807, 2.05) is 48.8 Å². The van der Waals surface area contributed by atoms with Crippen LogP contribution in [-0.4, -0.2) is 116 Å². The molecule has 336 valence electrons. The first-order valence-corrected chi connectivity index (χ1v) is 23.9. The molecule has 3 aromatic carbocycles. The second-order valence-corrected chi connectivity index (χ2v) is 19.9. The van der Waals surface area contributed by atoms with Gasteiger partial charge in [-0.25, -0.2) is 4.98 Å². The lowest BCUT2D eigenvalue weighted by molar-refractivity contribution is 0.0983. The molecule has 11 nitrogen and oxygen atoms in total. The van der Waals surface area contributed by atoms with Crippen LogP contribution in [0.4, 0.5) is 11.4 Å². The molecule has 3 aliphatic rings. The van der Waals surface area contributed by atoms with Gasteiger partial charge in [-0.3, -0.25) is 14.4 Å². The number of H-pyrrole nitrogens is 1. The summed E-state index contributed by atoms with van der Waals surface area (Å²) in [6.45, 7) is 16.7. The van der Waals surface area contributed by atoms with Crippen molar-refractivity contribution >= 4 is 57.4 Å². The highest BCUT2D eigenvalue weighted by Gasteiger charge is 2.30. The van der Waals surface area contributed by atoms with Gasteiger partial charge in [-0.1, -0.05) is 43.2 Å². The minimum absolute atomic E-state index is 0.203. The largest absolute Gasteiger partial charge is 0.495 e. The molecule has 0 bridgehead atoms. The highest BCUT2D eigenvalue weighted by molar-refractivity contribution is 7.98. The summed E-state index contributed by atoms with van der Waals surface area (Å²) in [7, 11) is 3.80. The highest BCUT2D eigenvalue weighted by atomic mass is 35.5. The number of nitriles is 1. The molecule has 3 N–H and O–H groups in total. The molecule has 2 fully saturated rings. The Bertz CT molecular complexity index is 2510. The molecular formula is C51H62ClN9O2S. The Balaban J connectivity index is 0.945. The molecule has 0 unspecified atom stereocenters. The molecule has 8 rings (SSSR count). The summed E-state index contributed by atoms with van der Waals surface area (Å²) in [6, 6.07) is 25.3. The van der Waals surface area contributed by atoms with Gasteiger partial charge < -0.3 is 29.7 Å². The van der Waals surface area contributed by atoms with Crippen LogP contribution in [0, 0.1) is 16.7 Å². The van der Waals surface area contributed by atoms with Crippen LogP contribution >= 0.6 is 23.5 Å². The zero-order valence-corrected chi connectivity index (χ0v) is 39.5. The number of hydrogen-bond acceptors (Lipinski definition) is 10. The van der Waals surface area contributed by atoms with Crippen molar-refractivity contribution in [3.05, 3.63) is 118 Å². The Morgan fingerprint density at radius 1 is 1.03 bits per heavy atom. The number of benzene rings is 3. The molecule has 0 saturated carbocycles. The summed E-state index contributed by atoms with van der Waals surface area (Å²) >= 11 is 7.47. The number of piperazine rings is 2. The number of nitrogens with one attached hydrogen (secondary N) is 3. The summed E-state index contributed by atoms with van der Waals surface area (Å²) in [5.74, 6) is 0.369. The van der Waals surface area contributed by atoms with Crippen molar-refractivity contribution in [2.45, 2.75) is 63.8 Å². The number of amides is 1. The van der Waals surface area contributed by atoms with Crippen molar-refractivity contribution in [2.24, 2.45) is 5.41 Å². The third-order valence-corrected chi connectivity index (χ3v) is 14.4. The Kier molecular flexibility index (Phi) is 14.5. The number of carbonyl (C=O) groups excluding carboxylic acids is 1. The fourth-order valence-corrected chi connectivity index (χ4v) is 10.2. The number of aromatic amines is 1. The predicted octanol–water partition coefficient (Wildman–Crippen LogP) is 9.35. The van der Waals surface area contributed by atoms with Crippen LogP contribution in [0.25, 0.3) is 16.6 Å². The maximum atomic E-state index is 14.1. The lowest BCUT2D eigenvalue weighted by Crippen LogP contribution is -2.50. The number of likely N-dealkylation sites (N-methyl/N-ethyl adjacent to an activating group) is 1. The summed E-state index contributed by atoms with van der Waals surface area (Å²) < 4.78 is 8.86. The Labute approximate surface area is 388 Å². The van der Waals surface area contributed by atoms with Crippen LogP contribution in [0.1, 0.15) is 79.1 Å². The van der Waals surface area contributed by atoms with Crippen molar-refractivity contribution in [1.82, 2.24) is 29.4 Å². The van der Waals surface area contributed by atoms with Crippen LogP contribution in [0.2, 0.25) is 5.02 Å². The minimum atomic E-state index is -0.203. The lowest BCUT2D eigenvalue weighted by atomic mass is 9.72.